The van der Waals surface area contributed by atoms with Crippen molar-refractivity contribution in [1.82, 2.24) is 10.6 Å². The number of amides is 2. The average Bonchev–Trinajstić information content (AvgIpc) is 3.60. The van der Waals surface area contributed by atoms with Crippen LogP contribution in [0.25, 0.3) is 0 Å². The predicted octanol–water partition coefficient (Wildman–Crippen LogP) is 5.14. The molecule has 1 saturated carbocycles. The van der Waals surface area contributed by atoms with Crippen LogP contribution in [0.4, 0.5) is 4.79 Å². The summed E-state index contributed by atoms with van der Waals surface area (Å²) >= 11 is 1.45. The summed E-state index contributed by atoms with van der Waals surface area (Å²) in [5, 5.41) is 5.69. The van der Waals surface area contributed by atoms with Crippen molar-refractivity contribution in [3.63, 3.8) is 0 Å². The molecule has 3 atom stereocenters. The van der Waals surface area contributed by atoms with E-state index in [-0.39, 0.29) is 23.4 Å². The SMILES string of the molecule is CCC(C)C(NC(=O)OCC1CCCC1)C(=O)NC(Cc1ccccc1)C(=O)CSCc1ccco1. The summed E-state index contributed by atoms with van der Waals surface area (Å²) in [7, 11) is 0. The average molecular weight is 515 g/mol. The third-order valence-electron chi connectivity index (χ3n) is 6.75. The Hall–Kier alpha value is -2.74. The van der Waals surface area contributed by atoms with Gasteiger partial charge in [0.05, 0.1) is 30.4 Å². The number of Topliss-reactive ketones (excluding diaryl/α,β-unsaturated/α-hetero) is 1. The minimum atomic E-state index is -0.784. The van der Waals surface area contributed by atoms with Gasteiger partial charge in [-0.1, -0.05) is 63.4 Å². The number of hydrogen-bond donors (Lipinski definition) is 2. The molecule has 0 saturated heterocycles. The molecule has 0 radical (unpaired) electrons. The fourth-order valence-electron chi connectivity index (χ4n) is 4.35. The maximum Gasteiger partial charge on any atom is 0.407 e. The van der Waals surface area contributed by atoms with Crippen molar-refractivity contribution in [3.05, 3.63) is 60.1 Å². The number of carbonyl (C=O) groups excluding carboxylic acids is 3. The summed E-state index contributed by atoms with van der Waals surface area (Å²) in [4.78, 5) is 39.0. The van der Waals surface area contributed by atoms with Crippen molar-refractivity contribution < 1.29 is 23.5 Å². The quantitative estimate of drug-likeness (QED) is 0.362. The molecule has 1 aromatic carbocycles. The Morgan fingerprint density at radius 3 is 2.50 bits per heavy atom. The van der Waals surface area contributed by atoms with Gasteiger partial charge in [0.2, 0.25) is 5.91 Å². The van der Waals surface area contributed by atoms with E-state index in [4.69, 9.17) is 9.15 Å². The zero-order valence-corrected chi connectivity index (χ0v) is 22.1. The van der Waals surface area contributed by atoms with Crippen LogP contribution in [0.2, 0.25) is 0 Å². The zero-order chi connectivity index (χ0) is 25.8. The molecule has 1 aliphatic rings. The van der Waals surface area contributed by atoms with Crippen LogP contribution in [-0.2, 0) is 26.5 Å². The van der Waals surface area contributed by atoms with E-state index >= 15 is 0 Å². The number of rotatable bonds is 14. The first kappa shape index (κ1) is 27.8. The summed E-state index contributed by atoms with van der Waals surface area (Å²) in [5.74, 6) is 1.46. The number of alkyl carbamates (subject to hydrolysis) is 1. The van der Waals surface area contributed by atoms with Crippen LogP contribution in [0.1, 0.15) is 57.3 Å². The lowest BCUT2D eigenvalue weighted by Crippen LogP contribution is -2.55. The van der Waals surface area contributed by atoms with Crippen molar-refractivity contribution in [2.45, 2.75) is 70.2 Å². The van der Waals surface area contributed by atoms with Crippen molar-refractivity contribution in [2.24, 2.45) is 11.8 Å². The van der Waals surface area contributed by atoms with Crippen LogP contribution >= 0.6 is 11.8 Å². The molecule has 7 nitrogen and oxygen atoms in total. The second-order valence-electron chi connectivity index (χ2n) is 9.55. The fourth-order valence-corrected chi connectivity index (χ4v) is 5.22. The lowest BCUT2D eigenvalue weighted by Gasteiger charge is -2.26. The summed E-state index contributed by atoms with van der Waals surface area (Å²) in [6.07, 6.45) is 6.59. The third-order valence-corrected chi connectivity index (χ3v) is 7.73. The lowest BCUT2D eigenvalue weighted by molar-refractivity contribution is -0.128. The maximum atomic E-state index is 13.3. The van der Waals surface area contributed by atoms with Gasteiger partial charge in [0.1, 0.15) is 11.8 Å². The highest BCUT2D eigenvalue weighted by molar-refractivity contribution is 7.99. The molecule has 0 bridgehead atoms. The molecule has 3 unspecified atom stereocenters. The molecule has 2 amide bonds. The van der Waals surface area contributed by atoms with Crippen LogP contribution in [0.15, 0.2) is 53.1 Å². The monoisotopic (exact) mass is 514 g/mol. The minimum Gasteiger partial charge on any atom is -0.468 e. The van der Waals surface area contributed by atoms with Crippen molar-refractivity contribution >= 4 is 29.5 Å². The topological polar surface area (TPSA) is 97.6 Å². The van der Waals surface area contributed by atoms with Gasteiger partial charge in [-0.3, -0.25) is 9.59 Å². The smallest absolute Gasteiger partial charge is 0.407 e. The number of benzene rings is 1. The third kappa shape index (κ3) is 9.04. The van der Waals surface area contributed by atoms with E-state index in [0.717, 1.165) is 24.2 Å². The Labute approximate surface area is 218 Å². The molecular weight excluding hydrogens is 476 g/mol. The number of ether oxygens (including phenoxy) is 1. The Balaban J connectivity index is 1.62. The lowest BCUT2D eigenvalue weighted by atomic mass is 9.97. The number of carbonyl (C=O) groups is 3. The first-order valence-electron chi connectivity index (χ1n) is 12.9. The van der Waals surface area contributed by atoms with E-state index in [1.807, 2.05) is 56.3 Å². The largest absolute Gasteiger partial charge is 0.468 e. The van der Waals surface area contributed by atoms with E-state index in [2.05, 4.69) is 10.6 Å². The molecule has 2 N–H and O–H groups in total. The van der Waals surface area contributed by atoms with Crippen LogP contribution in [0.5, 0.6) is 0 Å². The first-order valence-corrected chi connectivity index (χ1v) is 14.0. The van der Waals surface area contributed by atoms with Crippen molar-refractivity contribution in [1.29, 1.82) is 0 Å². The number of ketones is 1. The van der Waals surface area contributed by atoms with E-state index in [9.17, 15) is 14.4 Å². The molecule has 1 heterocycles. The molecule has 0 spiro atoms. The second kappa shape index (κ2) is 14.7. The van der Waals surface area contributed by atoms with Crippen LogP contribution in [-0.4, -0.2) is 42.2 Å². The molecule has 1 aliphatic carbocycles. The highest BCUT2D eigenvalue weighted by Crippen LogP contribution is 2.24. The number of thioether (sulfide) groups is 1. The molecule has 196 valence electrons. The highest BCUT2D eigenvalue weighted by atomic mass is 32.2. The zero-order valence-electron chi connectivity index (χ0n) is 21.2. The van der Waals surface area contributed by atoms with E-state index < -0.39 is 18.2 Å². The summed E-state index contributed by atoms with van der Waals surface area (Å²) in [5.41, 5.74) is 0.955. The summed E-state index contributed by atoms with van der Waals surface area (Å²) < 4.78 is 10.8. The Morgan fingerprint density at radius 1 is 1.08 bits per heavy atom. The van der Waals surface area contributed by atoms with E-state index in [0.29, 0.717) is 31.1 Å². The fraction of sp³-hybridized carbons (Fsp3) is 0.536. The van der Waals surface area contributed by atoms with Gasteiger partial charge in [-0.15, -0.1) is 11.8 Å². The van der Waals surface area contributed by atoms with Crippen LogP contribution in [0, 0.1) is 11.8 Å². The molecule has 2 aromatic rings. The Morgan fingerprint density at radius 2 is 1.83 bits per heavy atom. The predicted molar refractivity (Wildman–Crippen MR) is 142 cm³/mol. The normalized spacial score (nSPS) is 16.2. The van der Waals surface area contributed by atoms with Gasteiger partial charge in [0.15, 0.2) is 5.78 Å². The van der Waals surface area contributed by atoms with Gasteiger partial charge in [0, 0.05) is 0 Å². The number of nitrogens with one attached hydrogen (secondary N) is 2. The van der Waals surface area contributed by atoms with Gasteiger partial charge in [-0.2, -0.15) is 0 Å². The molecular formula is C28H38N2O5S. The minimum absolute atomic E-state index is 0.0736. The molecule has 8 heteroatoms. The number of hydrogen-bond acceptors (Lipinski definition) is 6. The highest BCUT2D eigenvalue weighted by Gasteiger charge is 2.30. The standard InChI is InChI=1S/C28H38N2O5S/c1-3-20(2)26(30-28(33)35-17-22-12-7-8-13-22)27(32)29-24(16-21-10-5-4-6-11-21)25(31)19-36-18-23-14-9-15-34-23/h4-6,9-11,14-15,20,22,24,26H,3,7-8,12-13,16-19H2,1-2H3,(H,29,32)(H,30,33). The van der Waals surface area contributed by atoms with Gasteiger partial charge in [-0.25, -0.2) is 4.79 Å². The summed E-state index contributed by atoms with van der Waals surface area (Å²) in [6.45, 7) is 4.26. The van der Waals surface area contributed by atoms with Gasteiger partial charge < -0.3 is 19.8 Å². The molecule has 36 heavy (non-hydrogen) atoms. The Kier molecular flexibility index (Phi) is 11.4. The van der Waals surface area contributed by atoms with Crippen molar-refractivity contribution in [3.8, 4) is 0 Å². The first-order chi connectivity index (χ1) is 17.5. The van der Waals surface area contributed by atoms with E-state index in [1.54, 1.807) is 6.26 Å². The number of furan rings is 1. The Bertz CT molecular complexity index is 944. The van der Waals surface area contributed by atoms with Gasteiger partial charge in [-0.05, 0) is 48.8 Å². The maximum absolute atomic E-state index is 13.3. The van der Waals surface area contributed by atoms with Crippen LogP contribution < -0.4 is 10.6 Å². The molecule has 1 aromatic heterocycles. The molecule has 1 fully saturated rings. The van der Waals surface area contributed by atoms with Crippen LogP contribution in [0.3, 0.4) is 0 Å². The van der Waals surface area contributed by atoms with Gasteiger partial charge in [0.25, 0.3) is 0 Å². The van der Waals surface area contributed by atoms with Gasteiger partial charge >= 0.3 is 6.09 Å². The van der Waals surface area contributed by atoms with E-state index in [1.165, 1.54) is 24.6 Å². The molecule has 0 aliphatic heterocycles. The second-order valence-corrected chi connectivity index (χ2v) is 10.5. The summed E-state index contributed by atoms with van der Waals surface area (Å²) in [6, 6.07) is 11.8. The van der Waals surface area contributed by atoms with Crippen molar-refractivity contribution in [2.75, 3.05) is 12.4 Å². The molecule has 3 rings (SSSR count).